The topological polar surface area (TPSA) is 194 Å². The second kappa shape index (κ2) is 17.6. The Kier molecular flexibility index (Phi) is 14.2. The number of carbonyl (C=O) groups excluding carboxylic acids is 3. The summed E-state index contributed by atoms with van der Waals surface area (Å²) in [5, 5.41) is 22.5. The van der Waals surface area contributed by atoms with Gasteiger partial charge in [0.05, 0.1) is 31.9 Å². The summed E-state index contributed by atoms with van der Waals surface area (Å²) < 4.78 is 59.8. The molecule has 0 aliphatic carbocycles. The Bertz CT molecular complexity index is 1880. The van der Waals surface area contributed by atoms with Crippen LogP contribution in [0.25, 0.3) is 0 Å². The summed E-state index contributed by atoms with van der Waals surface area (Å²) in [4.78, 5) is 49.1. The molecule has 4 rings (SSSR count). The Hall–Kier alpha value is -4.49. The number of carboxylic acids is 1. The van der Waals surface area contributed by atoms with Crippen LogP contribution in [0.5, 0.6) is 0 Å². The van der Waals surface area contributed by atoms with Gasteiger partial charge in [0.1, 0.15) is 0 Å². The van der Waals surface area contributed by atoms with Gasteiger partial charge in [-0.3, -0.25) is 19.5 Å². The quantitative estimate of drug-likeness (QED) is 0.184. The van der Waals surface area contributed by atoms with Crippen LogP contribution < -0.4 is 16.0 Å². The highest BCUT2D eigenvalue weighted by atomic mass is 35.5. The molecule has 1 saturated heterocycles. The molecule has 0 unspecified atom stereocenters. The lowest BCUT2D eigenvalue weighted by Gasteiger charge is -2.31. The number of carbonyl (C=O) groups is 4. The number of carboxylic acid groups (broad SMARTS) is 1. The van der Waals surface area contributed by atoms with Crippen LogP contribution in [0.4, 0.5) is 24.5 Å². The number of H-pyrrole nitrogens is 1. The van der Waals surface area contributed by atoms with E-state index in [1.807, 2.05) is 19.0 Å². The number of hydrogen-bond acceptors (Lipinski definition) is 8. The normalized spacial score (nSPS) is 14.1. The minimum atomic E-state index is -5.08. The SMILES string of the molecule is Cc1[nH]nc(C(=O)NC2CCN(S(=O)(=O)c3cccc(NC(=O)/C=C/CN(C)C)c3)CC2)c1NC(=O)c1c(Cl)cccc1Cl.O=C(O)C(F)(F)F. The maximum atomic E-state index is 13.4. The molecule has 3 aromatic rings. The van der Waals surface area contributed by atoms with Crippen LogP contribution in [0.1, 0.15) is 39.4 Å². The minimum Gasteiger partial charge on any atom is -0.475 e. The van der Waals surface area contributed by atoms with Crippen molar-refractivity contribution < 1.29 is 45.9 Å². The number of alkyl halides is 3. The molecule has 1 aliphatic rings. The Morgan fingerprint density at radius 2 is 1.63 bits per heavy atom. The average Bonchev–Trinajstić information content (AvgIpc) is 3.40. The van der Waals surface area contributed by atoms with Gasteiger partial charge in [0.25, 0.3) is 11.8 Å². The molecule has 1 fully saturated rings. The number of aromatic nitrogens is 2. The number of aromatic amines is 1. The molecule has 0 bridgehead atoms. The molecule has 2 heterocycles. The van der Waals surface area contributed by atoms with Crippen LogP contribution in [0.15, 0.2) is 59.5 Å². The van der Waals surface area contributed by atoms with Crippen LogP contribution >= 0.6 is 23.2 Å². The predicted octanol–water partition coefficient (Wildman–Crippen LogP) is 4.55. The van der Waals surface area contributed by atoms with Crippen molar-refractivity contribution in [2.45, 2.75) is 36.9 Å². The third-order valence-corrected chi connectivity index (χ3v) is 9.63. The number of nitrogens with one attached hydrogen (secondary N) is 4. The number of nitrogens with zero attached hydrogens (tertiary/aromatic N) is 3. The molecular weight excluding hydrogens is 742 g/mol. The lowest BCUT2D eigenvalue weighted by molar-refractivity contribution is -0.192. The first-order valence-corrected chi connectivity index (χ1v) is 17.1. The molecule has 0 radical (unpaired) electrons. The molecule has 1 aliphatic heterocycles. The molecule has 0 spiro atoms. The van der Waals surface area contributed by atoms with Crippen LogP contribution in [-0.2, 0) is 19.6 Å². The van der Waals surface area contributed by atoms with Gasteiger partial charge >= 0.3 is 12.1 Å². The van der Waals surface area contributed by atoms with Gasteiger partial charge in [-0.15, -0.1) is 0 Å². The van der Waals surface area contributed by atoms with Gasteiger partial charge in [-0.05, 0) is 64.2 Å². The van der Waals surface area contributed by atoms with Gasteiger partial charge in [0, 0.05) is 37.4 Å². The van der Waals surface area contributed by atoms with Crippen molar-refractivity contribution in [3.8, 4) is 0 Å². The molecule has 1 aromatic heterocycles. The van der Waals surface area contributed by atoms with Crippen molar-refractivity contribution in [2.75, 3.05) is 44.4 Å². The number of aliphatic carboxylic acids is 1. The summed E-state index contributed by atoms with van der Waals surface area (Å²) >= 11 is 12.3. The van der Waals surface area contributed by atoms with Crippen LogP contribution in [0.2, 0.25) is 10.0 Å². The number of amides is 3. The molecule has 51 heavy (non-hydrogen) atoms. The van der Waals surface area contributed by atoms with Crippen molar-refractivity contribution in [1.29, 1.82) is 0 Å². The van der Waals surface area contributed by atoms with Crippen molar-refractivity contribution in [1.82, 2.24) is 24.7 Å². The fourth-order valence-corrected chi connectivity index (χ4v) is 6.65. The smallest absolute Gasteiger partial charge is 0.475 e. The lowest BCUT2D eigenvalue weighted by Crippen LogP contribution is -2.46. The molecule has 0 atom stereocenters. The molecule has 20 heteroatoms. The van der Waals surface area contributed by atoms with Gasteiger partial charge in [-0.2, -0.15) is 22.6 Å². The van der Waals surface area contributed by atoms with E-state index in [1.54, 1.807) is 31.2 Å². The number of hydrogen-bond donors (Lipinski definition) is 5. The zero-order valence-corrected chi connectivity index (χ0v) is 29.7. The fraction of sp³-hybridized carbons (Fsp3) is 0.323. The number of sulfonamides is 1. The van der Waals surface area contributed by atoms with E-state index in [0.717, 1.165) is 0 Å². The Morgan fingerprint density at radius 3 is 2.20 bits per heavy atom. The van der Waals surface area contributed by atoms with Gasteiger partial charge in [0.2, 0.25) is 15.9 Å². The molecular formula is C31H34Cl2F3N7O7S. The first-order valence-electron chi connectivity index (χ1n) is 14.9. The summed E-state index contributed by atoms with van der Waals surface area (Å²) in [5.41, 5.74) is 1.05. The van der Waals surface area contributed by atoms with E-state index in [1.165, 1.54) is 34.6 Å². The van der Waals surface area contributed by atoms with E-state index in [4.69, 9.17) is 33.1 Å². The standard InChI is InChI=1S/C29H33Cl2N7O5S.C2HF3O2/c1-18-26(34-28(40)25-22(30)9-5-10-23(25)31)27(36-35-18)29(41)33-19-12-15-38(16-13-19)44(42,43)21-8-4-7-20(17-21)32-24(39)11-6-14-37(2)3;3-2(4,5)1(6)7/h4-11,17,19H,12-16H2,1-3H3,(H,32,39)(H,33,41)(H,34,40)(H,35,36);(H,6,7)/b11-6+;. The van der Waals surface area contributed by atoms with E-state index in [-0.39, 0.29) is 56.9 Å². The van der Waals surface area contributed by atoms with Gasteiger partial charge in [-0.25, -0.2) is 13.2 Å². The van der Waals surface area contributed by atoms with Crippen LogP contribution in [0, 0.1) is 6.92 Å². The second-order valence-electron chi connectivity index (χ2n) is 11.3. The van der Waals surface area contributed by atoms with E-state index in [9.17, 15) is 36.0 Å². The average molecular weight is 777 g/mol. The number of aryl methyl sites for hydroxylation is 1. The number of benzene rings is 2. The maximum Gasteiger partial charge on any atom is 0.490 e. The fourth-order valence-electron chi connectivity index (χ4n) is 4.57. The van der Waals surface area contributed by atoms with Crippen LogP contribution in [-0.4, -0.2) is 103 Å². The first-order chi connectivity index (χ1) is 23.8. The molecule has 5 N–H and O–H groups in total. The van der Waals surface area contributed by atoms with Crippen molar-refractivity contribution in [3.05, 3.63) is 81.6 Å². The zero-order chi connectivity index (χ0) is 38.1. The van der Waals surface area contributed by atoms with Crippen LogP contribution in [0.3, 0.4) is 0 Å². The summed E-state index contributed by atoms with van der Waals surface area (Å²) in [7, 11) is -0.0828. The Morgan fingerprint density at radius 1 is 1.04 bits per heavy atom. The summed E-state index contributed by atoms with van der Waals surface area (Å²) in [6.07, 6.45) is -1.26. The van der Waals surface area contributed by atoms with E-state index < -0.39 is 34.0 Å². The molecule has 0 saturated carbocycles. The highest BCUT2D eigenvalue weighted by Crippen LogP contribution is 2.28. The summed E-state index contributed by atoms with van der Waals surface area (Å²) in [6, 6.07) is 10.4. The largest absolute Gasteiger partial charge is 0.490 e. The number of halogens is 5. The number of likely N-dealkylation sites (N-methyl/N-ethyl adjacent to an activating group) is 1. The monoisotopic (exact) mass is 775 g/mol. The molecule has 276 valence electrons. The molecule has 3 amide bonds. The van der Waals surface area contributed by atoms with E-state index >= 15 is 0 Å². The third kappa shape index (κ3) is 11.5. The highest BCUT2D eigenvalue weighted by Gasteiger charge is 2.38. The second-order valence-corrected chi connectivity index (χ2v) is 14.0. The zero-order valence-electron chi connectivity index (χ0n) is 27.3. The van der Waals surface area contributed by atoms with E-state index in [2.05, 4.69) is 26.1 Å². The highest BCUT2D eigenvalue weighted by molar-refractivity contribution is 7.89. The van der Waals surface area contributed by atoms with Crippen molar-refractivity contribution in [3.63, 3.8) is 0 Å². The third-order valence-electron chi connectivity index (χ3n) is 7.10. The Labute approximate surface area is 301 Å². The lowest BCUT2D eigenvalue weighted by atomic mass is 10.1. The first kappa shape index (κ1) is 40.9. The Balaban J connectivity index is 0.000000908. The molecule has 2 aromatic carbocycles. The minimum absolute atomic E-state index is 0.0236. The van der Waals surface area contributed by atoms with Crippen molar-refractivity contribution >= 4 is 68.3 Å². The summed E-state index contributed by atoms with van der Waals surface area (Å²) in [6.45, 7) is 2.59. The van der Waals surface area contributed by atoms with E-state index in [0.29, 0.717) is 30.8 Å². The van der Waals surface area contributed by atoms with Gasteiger partial charge < -0.3 is 26.0 Å². The maximum absolute atomic E-state index is 13.4. The number of rotatable bonds is 10. The molecule has 14 nitrogen and oxygen atoms in total. The summed E-state index contributed by atoms with van der Waals surface area (Å²) in [5.74, 6) is -4.24. The van der Waals surface area contributed by atoms with Crippen molar-refractivity contribution in [2.24, 2.45) is 0 Å². The number of piperidine rings is 1. The van der Waals surface area contributed by atoms with Gasteiger partial charge in [-0.1, -0.05) is 41.4 Å². The van der Waals surface area contributed by atoms with Gasteiger partial charge in [0.15, 0.2) is 5.69 Å². The number of anilines is 2. The predicted molar refractivity (Wildman–Crippen MR) is 183 cm³/mol.